The Kier molecular flexibility index (Phi) is 8.87. The Balaban J connectivity index is 2.82. The van der Waals surface area contributed by atoms with Crippen LogP contribution in [-0.4, -0.2) is 46.1 Å². The molecule has 0 saturated heterocycles. The van der Waals surface area contributed by atoms with E-state index in [9.17, 15) is 31.1 Å². The normalized spacial score (nSPS) is 12.3. The molecule has 32 heavy (non-hydrogen) atoms. The molecular formula is C16H14Cl2F6N4OS3. The molecule has 0 aliphatic carbocycles. The number of thioether (sulfide) groups is 3. The van der Waals surface area contributed by atoms with Gasteiger partial charge < -0.3 is 10.6 Å². The highest BCUT2D eigenvalue weighted by atomic mass is 35.5. The fourth-order valence-corrected chi connectivity index (χ4v) is 5.04. The maximum atomic E-state index is 13.3. The number of anilines is 1. The third kappa shape index (κ3) is 6.72. The van der Waals surface area contributed by atoms with Crippen molar-refractivity contribution < 1.29 is 31.1 Å². The van der Waals surface area contributed by atoms with Crippen molar-refractivity contribution >= 4 is 69.5 Å². The van der Waals surface area contributed by atoms with Crippen LogP contribution in [0.25, 0.3) is 5.69 Å². The van der Waals surface area contributed by atoms with Gasteiger partial charge in [-0.15, -0.1) is 0 Å². The Labute approximate surface area is 201 Å². The minimum absolute atomic E-state index is 0.159. The molecule has 0 fully saturated rings. The number of aromatic nitrogens is 2. The highest BCUT2D eigenvalue weighted by molar-refractivity contribution is 8.14. The predicted molar refractivity (Wildman–Crippen MR) is 118 cm³/mol. The van der Waals surface area contributed by atoms with Gasteiger partial charge in [-0.05, 0) is 41.9 Å². The van der Waals surface area contributed by atoms with E-state index in [1.165, 1.54) is 23.7 Å². The van der Waals surface area contributed by atoms with Crippen molar-refractivity contribution in [3.05, 3.63) is 27.7 Å². The highest BCUT2D eigenvalue weighted by Crippen LogP contribution is 2.48. The Morgan fingerprint density at radius 2 is 1.75 bits per heavy atom. The lowest BCUT2D eigenvalue weighted by atomic mass is 10.2. The van der Waals surface area contributed by atoms with Gasteiger partial charge in [0, 0.05) is 19.3 Å². The molecule has 178 valence electrons. The molecule has 0 bridgehead atoms. The fourth-order valence-electron chi connectivity index (χ4n) is 2.50. The van der Waals surface area contributed by atoms with Gasteiger partial charge in [0.05, 0.1) is 20.5 Å². The molecule has 0 unspecified atom stereocenters. The lowest BCUT2D eigenvalue weighted by molar-refractivity contribution is -0.137. The van der Waals surface area contributed by atoms with E-state index in [-0.39, 0.29) is 29.8 Å². The van der Waals surface area contributed by atoms with Gasteiger partial charge in [0.2, 0.25) is 0 Å². The van der Waals surface area contributed by atoms with Crippen LogP contribution >= 0.6 is 58.5 Å². The maximum Gasteiger partial charge on any atom is 0.446 e. The molecule has 16 heteroatoms. The molecule has 2 aromatic rings. The Morgan fingerprint density at radius 1 is 1.19 bits per heavy atom. The van der Waals surface area contributed by atoms with Gasteiger partial charge >= 0.3 is 11.7 Å². The molecular weight excluding hydrogens is 545 g/mol. The van der Waals surface area contributed by atoms with Crippen molar-refractivity contribution in [1.29, 1.82) is 0 Å². The number of rotatable bonds is 7. The van der Waals surface area contributed by atoms with E-state index in [0.717, 1.165) is 4.68 Å². The number of primary amides is 1. The number of amides is 1. The summed E-state index contributed by atoms with van der Waals surface area (Å²) in [6.07, 6.45) is -2.97. The lowest BCUT2D eigenvalue weighted by Crippen LogP contribution is -2.24. The highest BCUT2D eigenvalue weighted by Gasteiger charge is 2.37. The zero-order valence-electron chi connectivity index (χ0n) is 16.1. The van der Waals surface area contributed by atoms with E-state index in [1.807, 2.05) is 0 Å². The van der Waals surface area contributed by atoms with E-state index < -0.39 is 54.2 Å². The second-order valence-electron chi connectivity index (χ2n) is 6.04. The first-order chi connectivity index (χ1) is 14.7. The van der Waals surface area contributed by atoms with Gasteiger partial charge in [-0.2, -0.15) is 43.2 Å². The minimum atomic E-state index is -4.76. The van der Waals surface area contributed by atoms with Gasteiger partial charge in [-0.25, -0.2) is 4.68 Å². The monoisotopic (exact) mass is 558 g/mol. The van der Waals surface area contributed by atoms with Gasteiger partial charge in [0.15, 0.2) is 0 Å². The zero-order chi connectivity index (χ0) is 24.4. The predicted octanol–water partition coefficient (Wildman–Crippen LogP) is 6.78. The first kappa shape index (κ1) is 27.2. The van der Waals surface area contributed by atoms with Gasteiger partial charge in [0.25, 0.3) is 5.24 Å². The molecule has 2 rings (SSSR count). The molecule has 0 radical (unpaired) electrons. The van der Waals surface area contributed by atoms with E-state index in [4.69, 9.17) is 28.9 Å². The van der Waals surface area contributed by atoms with Crippen LogP contribution in [0, 0.1) is 0 Å². The Bertz CT molecular complexity index is 976. The van der Waals surface area contributed by atoms with Crippen LogP contribution in [0.15, 0.2) is 22.1 Å². The average molecular weight is 559 g/mol. The lowest BCUT2D eigenvalue weighted by Gasteiger charge is -2.23. The molecule has 1 aromatic heterocycles. The Hall–Kier alpha value is -1.09. The van der Waals surface area contributed by atoms with Crippen LogP contribution in [0.3, 0.4) is 0 Å². The SMILES string of the molecule is CSCCN(C)c1c(SC(F)(F)F)c(SC(N)=O)nn1-c1c(Cl)cc(C(F)(F)F)cc1Cl. The summed E-state index contributed by atoms with van der Waals surface area (Å²) in [5.74, 6) is 0.346. The molecule has 2 N–H and O–H groups in total. The molecule has 0 atom stereocenters. The van der Waals surface area contributed by atoms with Gasteiger partial charge in [-0.3, -0.25) is 4.79 Å². The van der Waals surface area contributed by atoms with E-state index in [0.29, 0.717) is 17.9 Å². The number of alkyl halides is 6. The van der Waals surface area contributed by atoms with Crippen molar-refractivity contribution in [2.75, 3.05) is 30.5 Å². The second kappa shape index (κ2) is 10.5. The third-order valence-corrected chi connectivity index (χ3v) is 6.54. The zero-order valence-corrected chi connectivity index (χ0v) is 20.1. The number of halogens is 8. The average Bonchev–Trinajstić information content (AvgIpc) is 2.93. The van der Waals surface area contributed by atoms with Crippen LogP contribution in [0.1, 0.15) is 5.56 Å². The summed E-state index contributed by atoms with van der Waals surface area (Å²) in [6.45, 7) is 0.245. The minimum Gasteiger partial charge on any atom is -0.360 e. The number of hydrogen-bond donors (Lipinski definition) is 1. The van der Waals surface area contributed by atoms with Crippen molar-refractivity contribution in [3.8, 4) is 5.69 Å². The van der Waals surface area contributed by atoms with E-state index >= 15 is 0 Å². The number of nitrogens with two attached hydrogens (primary N) is 1. The quantitative estimate of drug-likeness (QED) is 0.298. The third-order valence-electron chi connectivity index (χ3n) is 3.75. The van der Waals surface area contributed by atoms with Crippen molar-refractivity contribution in [2.24, 2.45) is 5.73 Å². The fraction of sp³-hybridized carbons (Fsp3) is 0.375. The van der Waals surface area contributed by atoms with Crippen LogP contribution in [0.2, 0.25) is 10.0 Å². The van der Waals surface area contributed by atoms with Crippen LogP contribution in [0.5, 0.6) is 0 Å². The number of nitrogens with zero attached hydrogens (tertiary/aromatic N) is 3. The van der Waals surface area contributed by atoms with Gasteiger partial charge in [0.1, 0.15) is 16.5 Å². The topological polar surface area (TPSA) is 64.2 Å². The second-order valence-corrected chi connectivity index (χ2v) is 9.91. The summed E-state index contributed by atoms with van der Waals surface area (Å²) in [7, 11) is 1.47. The number of hydrogen-bond acceptors (Lipinski definition) is 6. The maximum absolute atomic E-state index is 13.3. The largest absolute Gasteiger partial charge is 0.446 e. The molecule has 5 nitrogen and oxygen atoms in total. The molecule has 1 heterocycles. The number of benzene rings is 1. The summed E-state index contributed by atoms with van der Waals surface area (Å²) < 4.78 is 80.1. The molecule has 0 spiro atoms. The summed E-state index contributed by atoms with van der Waals surface area (Å²) in [5, 5.41) is 1.60. The van der Waals surface area contributed by atoms with Crippen LogP contribution in [0.4, 0.5) is 37.0 Å². The molecule has 0 saturated carbocycles. The summed E-state index contributed by atoms with van der Waals surface area (Å²) in [5.41, 5.74) is -1.04. The van der Waals surface area contributed by atoms with Crippen LogP contribution in [-0.2, 0) is 6.18 Å². The van der Waals surface area contributed by atoms with Gasteiger partial charge in [-0.1, -0.05) is 23.2 Å². The first-order valence-electron chi connectivity index (χ1n) is 8.28. The van der Waals surface area contributed by atoms with E-state index in [1.54, 1.807) is 6.26 Å². The number of carbonyl (C=O) groups excluding carboxylic acids is 1. The van der Waals surface area contributed by atoms with Crippen molar-refractivity contribution in [1.82, 2.24) is 9.78 Å². The molecule has 1 aromatic carbocycles. The summed E-state index contributed by atoms with van der Waals surface area (Å²) >= 11 is 13.2. The summed E-state index contributed by atoms with van der Waals surface area (Å²) in [4.78, 5) is 12.4. The van der Waals surface area contributed by atoms with Crippen LogP contribution < -0.4 is 10.6 Å². The Morgan fingerprint density at radius 3 is 2.19 bits per heavy atom. The number of carbonyl (C=O) groups is 1. The van der Waals surface area contributed by atoms with Crippen molar-refractivity contribution in [3.63, 3.8) is 0 Å². The molecule has 0 aliphatic rings. The molecule has 0 aliphatic heterocycles. The van der Waals surface area contributed by atoms with E-state index in [2.05, 4.69) is 5.10 Å². The summed E-state index contributed by atoms with van der Waals surface area (Å²) in [6, 6.07) is 1.18. The standard InChI is InChI=1S/C16H14Cl2F6N4OS3/c1-27(3-4-30-2)13-11(32-16(22,23)24)12(31-14(25)29)26-28(13)10-8(17)5-7(6-9(10)18)15(19,20)21/h5-6H,3-4H2,1-2H3,(H2,25,29). The smallest absolute Gasteiger partial charge is 0.360 e. The first-order valence-corrected chi connectivity index (χ1v) is 12.1. The van der Waals surface area contributed by atoms with Crippen molar-refractivity contribution in [2.45, 2.75) is 21.6 Å². The molecule has 1 amide bonds.